The van der Waals surface area contributed by atoms with Gasteiger partial charge in [-0.2, -0.15) is 0 Å². The van der Waals surface area contributed by atoms with E-state index in [4.69, 9.17) is 4.74 Å². The highest BCUT2D eigenvalue weighted by atomic mass is 16.5. The summed E-state index contributed by atoms with van der Waals surface area (Å²) in [5.41, 5.74) is 0. The molecule has 0 aliphatic carbocycles. The summed E-state index contributed by atoms with van der Waals surface area (Å²) in [5.74, 6) is -0.0639. The van der Waals surface area contributed by atoms with Crippen LogP contribution in [0.3, 0.4) is 0 Å². The molecule has 3 N–H and O–H groups in total. The van der Waals surface area contributed by atoms with Crippen molar-refractivity contribution in [2.45, 2.75) is 341 Å². The molecular weight excluding hydrogens is 851 g/mol. The van der Waals surface area contributed by atoms with Crippen LogP contribution < -0.4 is 5.32 Å². The molecule has 2 unspecified atom stereocenters. The number of nitrogens with one attached hydrogen (secondary N) is 1. The number of rotatable bonds is 57. The van der Waals surface area contributed by atoms with Gasteiger partial charge >= 0.3 is 5.97 Å². The summed E-state index contributed by atoms with van der Waals surface area (Å²) in [6.45, 7) is 4.89. The van der Waals surface area contributed by atoms with Gasteiger partial charge in [-0.25, -0.2) is 0 Å². The predicted molar refractivity (Wildman–Crippen MR) is 301 cm³/mol. The fourth-order valence-electron chi connectivity index (χ4n) is 9.39. The summed E-state index contributed by atoms with van der Waals surface area (Å²) < 4.78 is 5.47. The fourth-order valence-corrected chi connectivity index (χ4v) is 9.39. The van der Waals surface area contributed by atoms with E-state index in [1.165, 1.54) is 257 Å². The molecule has 0 aromatic rings. The molecule has 406 valence electrons. The third-order valence-corrected chi connectivity index (χ3v) is 14.1. The number of allylic oxidation sites excluding steroid dienone is 5. The Morgan fingerprint density at radius 1 is 0.391 bits per heavy atom. The zero-order valence-electron chi connectivity index (χ0n) is 46.3. The van der Waals surface area contributed by atoms with Crippen LogP contribution in [0.1, 0.15) is 328 Å². The van der Waals surface area contributed by atoms with E-state index in [0.717, 1.165) is 44.9 Å². The number of esters is 1. The standard InChI is InChI=1S/C63H119NO5/c1-3-5-7-9-11-13-15-32-37-41-45-49-53-57-63(68)69-58-54-50-46-42-38-34-31-29-27-25-23-21-19-17-18-20-22-24-26-28-30-33-36-40-44-48-52-56-62(67)64-60(59-65)61(66)55-51-47-43-39-35-16-14-12-10-8-6-4-2/h13,15,17-18,51,55,60-61,65-66H,3-12,14,16,19-50,52-54,56-59H2,1-2H3,(H,64,67)/b15-13-,18-17-,55-51+. The van der Waals surface area contributed by atoms with Crippen LogP contribution in [0.2, 0.25) is 0 Å². The molecule has 6 heteroatoms. The second-order valence-electron chi connectivity index (χ2n) is 21.0. The van der Waals surface area contributed by atoms with Gasteiger partial charge < -0.3 is 20.3 Å². The minimum atomic E-state index is -0.844. The number of aliphatic hydroxyl groups is 2. The van der Waals surface area contributed by atoms with Crippen molar-refractivity contribution in [1.82, 2.24) is 5.32 Å². The smallest absolute Gasteiger partial charge is 0.305 e. The van der Waals surface area contributed by atoms with Gasteiger partial charge in [-0.05, 0) is 83.5 Å². The van der Waals surface area contributed by atoms with Gasteiger partial charge in [0.1, 0.15) is 0 Å². The van der Waals surface area contributed by atoms with E-state index in [0.29, 0.717) is 19.4 Å². The van der Waals surface area contributed by atoms with E-state index >= 15 is 0 Å². The van der Waals surface area contributed by atoms with Crippen molar-refractivity contribution in [3.63, 3.8) is 0 Å². The van der Waals surface area contributed by atoms with E-state index in [2.05, 4.69) is 43.5 Å². The predicted octanol–water partition coefficient (Wildman–Crippen LogP) is 19.2. The Balaban J connectivity index is 3.39. The number of hydrogen-bond donors (Lipinski definition) is 3. The second kappa shape index (κ2) is 58.6. The lowest BCUT2D eigenvalue weighted by Crippen LogP contribution is -2.45. The molecule has 1 amide bonds. The van der Waals surface area contributed by atoms with Gasteiger partial charge in [-0.15, -0.1) is 0 Å². The first kappa shape index (κ1) is 67.1. The van der Waals surface area contributed by atoms with Crippen LogP contribution in [0.25, 0.3) is 0 Å². The van der Waals surface area contributed by atoms with Gasteiger partial charge in [0.05, 0.1) is 25.4 Å². The Morgan fingerprint density at radius 3 is 1.04 bits per heavy atom. The summed E-state index contributed by atoms with van der Waals surface area (Å²) in [4.78, 5) is 24.5. The number of carbonyl (C=O) groups excluding carboxylic acids is 2. The molecular formula is C63H119NO5. The zero-order chi connectivity index (χ0) is 50.0. The van der Waals surface area contributed by atoms with Crippen molar-refractivity contribution in [3.05, 3.63) is 36.5 Å². The molecule has 0 radical (unpaired) electrons. The average molecular weight is 971 g/mol. The molecule has 6 nitrogen and oxygen atoms in total. The highest BCUT2D eigenvalue weighted by molar-refractivity contribution is 5.76. The van der Waals surface area contributed by atoms with Crippen LogP contribution in [-0.4, -0.2) is 47.4 Å². The first-order chi connectivity index (χ1) is 34.0. The Bertz CT molecular complexity index is 1120. The highest BCUT2D eigenvalue weighted by Gasteiger charge is 2.18. The lowest BCUT2D eigenvalue weighted by atomic mass is 10.0. The largest absolute Gasteiger partial charge is 0.466 e. The Kier molecular flexibility index (Phi) is 57.0. The van der Waals surface area contributed by atoms with E-state index in [-0.39, 0.29) is 18.5 Å². The van der Waals surface area contributed by atoms with Crippen LogP contribution in [0.4, 0.5) is 0 Å². The van der Waals surface area contributed by atoms with Gasteiger partial charge in [0.2, 0.25) is 5.91 Å². The third kappa shape index (κ3) is 55.2. The van der Waals surface area contributed by atoms with Crippen LogP contribution >= 0.6 is 0 Å². The minimum absolute atomic E-state index is 0.00524. The summed E-state index contributed by atoms with van der Waals surface area (Å²) >= 11 is 0. The third-order valence-electron chi connectivity index (χ3n) is 14.1. The van der Waals surface area contributed by atoms with E-state index in [1.54, 1.807) is 6.08 Å². The van der Waals surface area contributed by atoms with Crippen molar-refractivity contribution >= 4 is 11.9 Å². The van der Waals surface area contributed by atoms with Gasteiger partial charge in [0, 0.05) is 12.8 Å². The molecule has 0 aromatic heterocycles. The quantitative estimate of drug-likeness (QED) is 0.0321. The summed E-state index contributed by atoms with van der Waals surface area (Å²) in [6, 6.07) is -0.627. The maximum atomic E-state index is 12.4. The van der Waals surface area contributed by atoms with Crippen molar-refractivity contribution in [1.29, 1.82) is 0 Å². The molecule has 69 heavy (non-hydrogen) atoms. The van der Waals surface area contributed by atoms with Crippen molar-refractivity contribution < 1.29 is 24.5 Å². The normalized spacial score (nSPS) is 12.8. The Labute approximate surface area is 430 Å². The van der Waals surface area contributed by atoms with Crippen molar-refractivity contribution in [2.75, 3.05) is 13.2 Å². The molecule has 0 bridgehead atoms. The highest BCUT2D eigenvalue weighted by Crippen LogP contribution is 2.17. The van der Waals surface area contributed by atoms with Gasteiger partial charge in [0.15, 0.2) is 0 Å². The fraction of sp³-hybridized carbons (Fsp3) is 0.873. The Morgan fingerprint density at radius 2 is 0.681 bits per heavy atom. The zero-order valence-corrected chi connectivity index (χ0v) is 46.3. The monoisotopic (exact) mass is 970 g/mol. The van der Waals surface area contributed by atoms with Crippen molar-refractivity contribution in [2.24, 2.45) is 0 Å². The molecule has 0 aliphatic heterocycles. The van der Waals surface area contributed by atoms with E-state index in [9.17, 15) is 19.8 Å². The van der Waals surface area contributed by atoms with Gasteiger partial charge in [0.25, 0.3) is 0 Å². The maximum Gasteiger partial charge on any atom is 0.305 e. The lowest BCUT2D eigenvalue weighted by molar-refractivity contribution is -0.143. The lowest BCUT2D eigenvalue weighted by Gasteiger charge is -2.20. The molecule has 0 fully saturated rings. The molecule has 0 aromatic carbocycles. The van der Waals surface area contributed by atoms with Crippen molar-refractivity contribution in [3.8, 4) is 0 Å². The first-order valence-corrected chi connectivity index (χ1v) is 30.8. The molecule has 0 saturated carbocycles. The average Bonchev–Trinajstić information content (AvgIpc) is 3.35. The van der Waals surface area contributed by atoms with Gasteiger partial charge in [-0.1, -0.05) is 269 Å². The SMILES string of the molecule is CCCCCC/C=C\CCCCCCCC(=O)OCCCCCCCCCCCCCC/C=C\CCCCCCCCCCCCCC(=O)NC(CO)C(O)/C=C/CCCCCCCCCCCC. The molecule has 0 aliphatic rings. The molecule has 2 atom stereocenters. The number of carbonyl (C=O) groups is 2. The van der Waals surface area contributed by atoms with Gasteiger partial charge in [-0.3, -0.25) is 9.59 Å². The van der Waals surface area contributed by atoms with Crippen LogP contribution in [0.5, 0.6) is 0 Å². The summed E-state index contributed by atoms with van der Waals surface area (Å²) in [6.07, 6.45) is 73.3. The van der Waals surface area contributed by atoms with E-state index in [1.807, 2.05) is 6.08 Å². The molecule has 0 saturated heterocycles. The number of amides is 1. The summed E-state index contributed by atoms with van der Waals surface area (Å²) in [7, 11) is 0. The first-order valence-electron chi connectivity index (χ1n) is 30.8. The maximum absolute atomic E-state index is 12.4. The molecule has 0 heterocycles. The number of unbranched alkanes of at least 4 members (excludes halogenated alkanes) is 42. The summed E-state index contributed by atoms with van der Waals surface area (Å²) in [5, 5.41) is 23.0. The number of ether oxygens (including phenoxy) is 1. The topological polar surface area (TPSA) is 95.9 Å². The van der Waals surface area contributed by atoms with Crippen LogP contribution in [-0.2, 0) is 14.3 Å². The van der Waals surface area contributed by atoms with Crippen LogP contribution in [0, 0.1) is 0 Å². The minimum Gasteiger partial charge on any atom is -0.466 e. The molecule has 0 spiro atoms. The molecule has 0 rings (SSSR count). The van der Waals surface area contributed by atoms with Crippen LogP contribution in [0.15, 0.2) is 36.5 Å². The second-order valence-corrected chi connectivity index (χ2v) is 21.0. The van der Waals surface area contributed by atoms with E-state index < -0.39 is 12.1 Å². The Hall–Kier alpha value is -1.92. The number of hydrogen-bond acceptors (Lipinski definition) is 5. The number of aliphatic hydroxyl groups excluding tert-OH is 2.